The lowest BCUT2D eigenvalue weighted by Crippen LogP contribution is -2.56. The molecule has 0 spiro atoms. The molecule has 5 rings (SSSR count). The van der Waals surface area contributed by atoms with Crippen LogP contribution in [0, 0.1) is 0 Å². The molecule has 0 saturated heterocycles. The Balaban J connectivity index is 1.21. The van der Waals surface area contributed by atoms with Gasteiger partial charge in [0.15, 0.2) is 0 Å². The molecule has 0 amide bonds. The van der Waals surface area contributed by atoms with Gasteiger partial charge in [0.05, 0.1) is 0 Å². The average Bonchev–Trinajstić information content (AvgIpc) is 2.75. The van der Waals surface area contributed by atoms with Gasteiger partial charge >= 0.3 is 0 Å². The van der Waals surface area contributed by atoms with Gasteiger partial charge in [-0.3, -0.25) is 0 Å². The average molecular weight is 375 g/mol. The Morgan fingerprint density at radius 2 is 0.964 bits per heavy atom. The van der Waals surface area contributed by atoms with E-state index < -0.39 is 0 Å². The van der Waals surface area contributed by atoms with Crippen molar-refractivity contribution in [1.82, 2.24) is 10.6 Å². The molecule has 0 aliphatic heterocycles. The van der Waals surface area contributed by atoms with E-state index in [1.165, 1.54) is 64.2 Å². The van der Waals surface area contributed by atoms with Crippen molar-refractivity contribution in [2.75, 3.05) is 0 Å². The molecule has 2 N–H and O–H groups in total. The minimum absolute atomic E-state index is 0.640. The lowest BCUT2D eigenvalue weighted by atomic mass is 9.83. The van der Waals surface area contributed by atoms with Gasteiger partial charge in [0.1, 0.15) is 0 Å². The van der Waals surface area contributed by atoms with Crippen LogP contribution in [-0.4, -0.2) is 24.2 Å². The summed E-state index contributed by atoms with van der Waals surface area (Å²) in [6.45, 7) is 0. The third-order valence-corrected chi connectivity index (χ3v) is 7.36. The van der Waals surface area contributed by atoms with Crippen LogP contribution >= 0.6 is 0 Å². The van der Waals surface area contributed by atoms with E-state index in [4.69, 9.17) is 0 Å². The monoisotopic (exact) mass is 374 g/mol. The Morgan fingerprint density at radius 1 is 0.536 bits per heavy atom. The lowest BCUT2D eigenvalue weighted by Gasteiger charge is -2.40. The van der Waals surface area contributed by atoms with E-state index in [0.717, 1.165) is 0 Å². The number of benzene rings is 2. The number of rotatable bonds is 4. The van der Waals surface area contributed by atoms with Gasteiger partial charge in [-0.05, 0) is 73.6 Å². The molecule has 2 nitrogen and oxygen atoms in total. The van der Waals surface area contributed by atoms with Gasteiger partial charge in [-0.15, -0.1) is 0 Å². The van der Waals surface area contributed by atoms with Crippen molar-refractivity contribution >= 4 is 0 Å². The fraction of sp³-hybridized carbons (Fsp3) is 0.538. The molecule has 2 aromatic rings. The van der Waals surface area contributed by atoms with Crippen molar-refractivity contribution < 1.29 is 0 Å². The Bertz CT molecular complexity index is 731. The predicted octanol–water partition coefficient (Wildman–Crippen LogP) is 4.59. The largest absolute Gasteiger partial charge is 0.309 e. The second kappa shape index (κ2) is 8.39. The summed E-state index contributed by atoms with van der Waals surface area (Å²) in [5.74, 6) is 0. The van der Waals surface area contributed by atoms with Gasteiger partial charge < -0.3 is 10.6 Å². The summed E-state index contributed by atoms with van der Waals surface area (Å²) in [5, 5.41) is 8.19. The zero-order valence-electron chi connectivity index (χ0n) is 17.0. The number of fused-ring (bicyclic) bond motifs is 2. The zero-order chi connectivity index (χ0) is 18.8. The van der Waals surface area contributed by atoms with E-state index in [1.807, 2.05) is 0 Å². The molecule has 1 fully saturated rings. The van der Waals surface area contributed by atoms with Crippen molar-refractivity contribution in [3.8, 4) is 0 Å². The quantitative estimate of drug-likeness (QED) is 0.818. The predicted molar refractivity (Wildman–Crippen MR) is 117 cm³/mol. The first-order valence-electron chi connectivity index (χ1n) is 11.5. The minimum Gasteiger partial charge on any atom is -0.309 e. The minimum atomic E-state index is 0.640. The van der Waals surface area contributed by atoms with Gasteiger partial charge in [0, 0.05) is 24.2 Å². The van der Waals surface area contributed by atoms with Crippen LogP contribution in [0.3, 0.4) is 0 Å². The van der Waals surface area contributed by atoms with Crippen LogP contribution in [0.25, 0.3) is 0 Å². The molecule has 28 heavy (non-hydrogen) atoms. The van der Waals surface area contributed by atoms with Crippen LogP contribution in [0.2, 0.25) is 0 Å². The fourth-order valence-electron chi connectivity index (χ4n) is 5.82. The first kappa shape index (κ1) is 18.4. The Morgan fingerprint density at radius 3 is 1.43 bits per heavy atom. The molecule has 3 aliphatic rings. The number of hydrogen-bond acceptors (Lipinski definition) is 2. The smallest absolute Gasteiger partial charge is 0.0224 e. The van der Waals surface area contributed by atoms with Gasteiger partial charge in [0.2, 0.25) is 0 Å². The van der Waals surface area contributed by atoms with E-state index >= 15 is 0 Å². The Hall–Kier alpha value is -1.64. The zero-order valence-corrected chi connectivity index (χ0v) is 17.0. The van der Waals surface area contributed by atoms with Crippen molar-refractivity contribution in [2.45, 2.75) is 88.4 Å². The van der Waals surface area contributed by atoms with E-state index in [0.29, 0.717) is 24.2 Å². The van der Waals surface area contributed by atoms with Gasteiger partial charge in [-0.1, -0.05) is 61.4 Å². The van der Waals surface area contributed by atoms with Crippen LogP contribution < -0.4 is 10.6 Å². The maximum absolute atomic E-state index is 4.10. The molecule has 1 saturated carbocycles. The van der Waals surface area contributed by atoms with Crippen molar-refractivity contribution in [3.63, 3.8) is 0 Å². The SMILES string of the molecule is c1ccc2c(c1)CCC(N[C@@H]1CCCC[C@H]1NC1CCc3ccccc3C1)C2. The molecule has 0 radical (unpaired) electrons. The highest BCUT2D eigenvalue weighted by molar-refractivity contribution is 5.31. The summed E-state index contributed by atoms with van der Waals surface area (Å²) in [5.41, 5.74) is 6.27. The lowest BCUT2D eigenvalue weighted by molar-refractivity contribution is 0.233. The number of nitrogens with one attached hydrogen (secondary N) is 2. The number of aryl methyl sites for hydroxylation is 2. The molecule has 3 aliphatic carbocycles. The summed E-state index contributed by atoms with van der Waals surface area (Å²) in [6.07, 6.45) is 12.9. The molecule has 0 aromatic heterocycles. The summed E-state index contributed by atoms with van der Waals surface area (Å²) in [6, 6.07) is 20.7. The van der Waals surface area contributed by atoms with Crippen LogP contribution in [0.1, 0.15) is 60.8 Å². The van der Waals surface area contributed by atoms with E-state index in [1.54, 1.807) is 22.3 Å². The maximum Gasteiger partial charge on any atom is 0.0224 e. The van der Waals surface area contributed by atoms with Crippen LogP contribution in [0.5, 0.6) is 0 Å². The third kappa shape index (κ3) is 4.04. The molecular weight excluding hydrogens is 340 g/mol. The van der Waals surface area contributed by atoms with E-state index in [9.17, 15) is 0 Å². The van der Waals surface area contributed by atoms with Gasteiger partial charge in [0.25, 0.3) is 0 Å². The molecule has 2 heteroatoms. The fourth-order valence-corrected chi connectivity index (χ4v) is 5.82. The maximum atomic E-state index is 4.10. The van der Waals surface area contributed by atoms with Gasteiger partial charge in [-0.25, -0.2) is 0 Å². The van der Waals surface area contributed by atoms with Crippen molar-refractivity contribution in [1.29, 1.82) is 0 Å². The third-order valence-electron chi connectivity index (χ3n) is 7.36. The molecule has 0 bridgehead atoms. The van der Waals surface area contributed by atoms with Gasteiger partial charge in [-0.2, -0.15) is 0 Å². The molecule has 2 unspecified atom stereocenters. The molecular formula is C26H34N2. The summed E-state index contributed by atoms with van der Waals surface area (Å²) >= 11 is 0. The highest BCUT2D eigenvalue weighted by Gasteiger charge is 2.30. The first-order valence-corrected chi connectivity index (χ1v) is 11.5. The summed E-state index contributed by atoms with van der Waals surface area (Å²) in [7, 11) is 0. The molecule has 4 atom stereocenters. The van der Waals surface area contributed by atoms with E-state index in [2.05, 4.69) is 59.2 Å². The molecule has 148 valence electrons. The molecule has 2 aromatic carbocycles. The Labute approximate surface area is 170 Å². The summed E-state index contributed by atoms with van der Waals surface area (Å²) < 4.78 is 0. The highest BCUT2D eigenvalue weighted by Crippen LogP contribution is 2.27. The second-order valence-corrected chi connectivity index (χ2v) is 9.25. The topological polar surface area (TPSA) is 24.1 Å². The number of hydrogen-bond donors (Lipinski definition) is 2. The summed E-state index contributed by atoms with van der Waals surface area (Å²) in [4.78, 5) is 0. The second-order valence-electron chi connectivity index (χ2n) is 9.25. The highest BCUT2D eigenvalue weighted by atomic mass is 15.1. The van der Waals surface area contributed by atoms with Crippen LogP contribution in [0.4, 0.5) is 0 Å². The molecule has 0 heterocycles. The standard InChI is InChI=1S/C26H34N2/c1-3-9-21-17-23(15-13-19(21)7-1)27-25-11-5-6-12-26(25)28-24-16-14-20-8-2-4-10-22(20)18-24/h1-4,7-10,23-28H,5-6,11-18H2/t23?,24?,25-,26-/m1/s1. The van der Waals surface area contributed by atoms with Crippen LogP contribution in [-0.2, 0) is 25.7 Å². The van der Waals surface area contributed by atoms with Crippen molar-refractivity contribution in [3.05, 3.63) is 70.8 Å². The normalized spacial score (nSPS) is 29.7. The van der Waals surface area contributed by atoms with E-state index in [-0.39, 0.29) is 0 Å². The van der Waals surface area contributed by atoms with Crippen molar-refractivity contribution in [2.24, 2.45) is 0 Å². The first-order chi connectivity index (χ1) is 13.8. The Kier molecular flexibility index (Phi) is 5.51. The van der Waals surface area contributed by atoms with Crippen LogP contribution in [0.15, 0.2) is 48.5 Å².